The first-order valence-electron chi connectivity index (χ1n) is 10.5. The van der Waals surface area contributed by atoms with Gasteiger partial charge >= 0.3 is 0 Å². The number of amides is 1. The van der Waals surface area contributed by atoms with Crippen molar-refractivity contribution in [2.24, 2.45) is 11.0 Å². The summed E-state index contributed by atoms with van der Waals surface area (Å²) in [6, 6.07) is 13.5. The molecule has 2 aliphatic heterocycles. The van der Waals surface area contributed by atoms with Crippen LogP contribution in [0.2, 0.25) is 5.02 Å². The topological polar surface area (TPSA) is 47.9 Å². The van der Waals surface area contributed by atoms with Crippen molar-refractivity contribution in [1.82, 2.24) is 10.4 Å². The van der Waals surface area contributed by atoms with E-state index in [4.69, 9.17) is 16.7 Å². The van der Waals surface area contributed by atoms with Gasteiger partial charge in [0.05, 0.1) is 16.8 Å². The molecular formula is C23H26ClFN4O. The molecule has 0 saturated carbocycles. The van der Waals surface area contributed by atoms with Crippen LogP contribution in [0.5, 0.6) is 0 Å². The molecule has 2 aromatic rings. The molecule has 0 bridgehead atoms. The zero-order valence-electron chi connectivity index (χ0n) is 17.0. The summed E-state index contributed by atoms with van der Waals surface area (Å²) in [7, 11) is 0. The highest BCUT2D eigenvalue weighted by Gasteiger charge is 2.40. The number of carbonyl (C=O) groups excluding carboxylic acids is 1. The monoisotopic (exact) mass is 428 g/mol. The van der Waals surface area contributed by atoms with Crippen LogP contribution in [0.1, 0.15) is 44.2 Å². The molecular weight excluding hydrogens is 403 g/mol. The average Bonchev–Trinajstić information content (AvgIpc) is 2.89. The summed E-state index contributed by atoms with van der Waals surface area (Å²) in [4.78, 5) is 13.1. The second-order valence-electron chi connectivity index (χ2n) is 7.91. The van der Waals surface area contributed by atoms with Gasteiger partial charge in [0.2, 0.25) is 0 Å². The molecule has 7 heteroatoms. The normalized spacial score (nSPS) is 22.5. The van der Waals surface area contributed by atoms with Gasteiger partial charge in [-0.05, 0) is 42.7 Å². The lowest BCUT2D eigenvalue weighted by molar-refractivity contribution is -0.119. The van der Waals surface area contributed by atoms with E-state index in [1.807, 2.05) is 30.1 Å². The maximum Gasteiger partial charge on any atom is 0.282 e. The standard InChI is InChI=1S/C23H26ClFN4O/c1-16-21(23(30)27-28-14-6-2-3-7-15-28)26-29(20-9-5-4-8-19(20)24)22(16)17-10-12-18(25)13-11-17/h4-5,8-13,16,22H,2-3,6-7,14-15H2,1H3,(H,27,30). The lowest BCUT2D eigenvalue weighted by atomic mass is 9.91. The first-order chi connectivity index (χ1) is 14.5. The lowest BCUT2D eigenvalue weighted by Crippen LogP contribution is -2.46. The minimum absolute atomic E-state index is 0.189. The highest BCUT2D eigenvalue weighted by atomic mass is 35.5. The number of anilines is 1. The minimum Gasteiger partial charge on any atom is -0.284 e. The molecule has 1 saturated heterocycles. The van der Waals surface area contributed by atoms with Crippen molar-refractivity contribution in [3.05, 3.63) is 64.9 Å². The number of nitrogens with zero attached hydrogens (tertiary/aromatic N) is 3. The maximum atomic E-state index is 13.5. The first-order valence-corrected chi connectivity index (χ1v) is 10.9. The fourth-order valence-electron chi connectivity index (χ4n) is 4.20. The summed E-state index contributed by atoms with van der Waals surface area (Å²) in [6.45, 7) is 3.68. The predicted octanol–water partition coefficient (Wildman–Crippen LogP) is 4.94. The zero-order valence-corrected chi connectivity index (χ0v) is 17.8. The van der Waals surface area contributed by atoms with Gasteiger partial charge < -0.3 is 0 Å². The minimum atomic E-state index is -0.297. The van der Waals surface area contributed by atoms with Crippen LogP contribution in [0.3, 0.4) is 0 Å². The van der Waals surface area contributed by atoms with E-state index in [1.54, 1.807) is 23.2 Å². The maximum absolute atomic E-state index is 13.5. The van der Waals surface area contributed by atoms with E-state index in [1.165, 1.54) is 25.0 Å². The average molecular weight is 429 g/mol. The van der Waals surface area contributed by atoms with Crippen LogP contribution >= 0.6 is 11.6 Å². The summed E-state index contributed by atoms with van der Waals surface area (Å²) in [5.41, 5.74) is 5.10. The van der Waals surface area contributed by atoms with Crippen LogP contribution in [0.4, 0.5) is 10.1 Å². The molecule has 2 atom stereocenters. The highest BCUT2D eigenvalue weighted by molar-refractivity contribution is 6.40. The van der Waals surface area contributed by atoms with E-state index in [0.717, 1.165) is 37.2 Å². The Morgan fingerprint density at radius 3 is 2.40 bits per heavy atom. The molecule has 30 heavy (non-hydrogen) atoms. The van der Waals surface area contributed by atoms with E-state index >= 15 is 0 Å². The molecule has 4 rings (SSSR count). The van der Waals surface area contributed by atoms with Gasteiger partial charge in [-0.1, -0.05) is 55.6 Å². The Morgan fingerprint density at radius 2 is 1.73 bits per heavy atom. The van der Waals surface area contributed by atoms with Gasteiger partial charge in [-0.25, -0.2) is 9.40 Å². The highest BCUT2D eigenvalue weighted by Crippen LogP contribution is 2.41. The number of benzene rings is 2. The van der Waals surface area contributed by atoms with Crippen LogP contribution in [-0.2, 0) is 4.79 Å². The number of hydrazine groups is 1. The summed E-state index contributed by atoms with van der Waals surface area (Å²) < 4.78 is 13.5. The van der Waals surface area contributed by atoms with Gasteiger partial charge in [-0.2, -0.15) is 5.10 Å². The van der Waals surface area contributed by atoms with Crippen molar-refractivity contribution < 1.29 is 9.18 Å². The Bertz CT molecular complexity index is 925. The number of hydrazone groups is 1. The SMILES string of the molecule is CC1C(C(=O)NN2CCCCCC2)=NN(c2ccccc2Cl)C1c1ccc(F)cc1. The Morgan fingerprint density at radius 1 is 1.07 bits per heavy atom. The molecule has 158 valence electrons. The summed E-state index contributed by atoms with van der Waals surface area (Å²) >= 11 is 6.45. The van der Waals surface area contributed by atoms with Gasteiger partial charge in [-0.15, -0.1) is 0 Å². The van der Waals surface area contributed by atoms with Gasteiger partial charge in [0, 0.05) is 19.0 Å². The molecule has 2 heterocycles. The number of halogens is 2. The number of hydrogen-bond acceptors (Lipinski definition) is 4. The Balaban J connectivity index is 1.65. The van der Waals surface area contributed by atoms with E-state index in [0.29, 0.717) is 10.7 Å². The smallest absolute Gasteiger partial charge is 0.282 e. The van der Waals surface area contributed by atoms with E-state index in [-0.39, 0.29) is 23.7 Å². The van der Waals surface area contributed by atoms with E-state index in [9.17, 15) is 9.18 Å². The van der Waals surface area contributed by atoms with Crippen LogP contribution in [0, 0.1) is 11.7 Å². The molecule has 2 unspecified atom stereocenters. The number of hydrogen-bond donors (Lipinski definition) is 1. The molecule has 1 fully saturated rings. The third-order valence-corrected chi connectivity index (χ3v) is 6.11. The van der Waals surface area contributed by atoms with Gasteiger partial charge in [0.15, 0.2) is 0 Å². The van der Waals surface area contributed by atoms with Crippen molar-refractivity contribution in [2.45, 2.75) is 38.6 Å². The van der Waals surface area contributed by atoms with Crippen molar-refractivity contribution in [2.75, 3.05) is 18.1 Å². The Hall–Kier alpha value is -2.44. The van der Waals surface area contributed by atoms with Gasteiger partial charge in [0.25, 0.3) is 5.91 Å². The van der Waals surface area contributed by atoms with Gasteiger partial charge in [-0.3, -0.25) is 15.2 Å². The molecule has 0 spiro atoms. The van der Waals surface area contributed by atoms with Crippen LogP contribution in [0.25, 0.3) is 0 Å². The molecule has 0 aliphatic carbocycles. The first kappa shape index (κ1) is 20.8. The fraction of sp³-hybridized carbons (Fsp3) is 0.391. The number of carbonyl (C=O) groups is 1. The molecule has 5 nitrogen and oxygen atoms in total. The van der Waals surface area contributed by atoms with E-state index in [2.05, 4.69) is 5.43 Å². The van der Waals surface area contributed by atoms with Crippen LogP contribution < -0.4 is 10.4 Å². The second-order valence-corrected chi connectivity index (χ2v) is 8.32. The van der Waals surface area contributed by atoms with Crippen LogP contribution in [-0.4, -0.2) is 29.7 Å². The van der Waals surface area contributed by atoms with Gasteiger partial charge in [0.1, 0.15) is 11.5 Å². The molecule has 2 aliphatic rings. The predicted molar refractivity (Wildman–Crippen MR) is 118 cm³/mol. The quantitative estimate of drug-likeness (QED) is 0.750. The number of nitrogens with one attached hydrogen (secondary N) is 1. The third kappa shape index (κ3) is 4.35. The number of para-hydroxylation sites is 1. The van der Waals surface area contributed by atoms with Crippen molar-refractivity contribution in [3.63, 3.8) is 0 Å². The largest absolute Gasteiger partial charge is 0.284 e. The third-order valence-electron chi connectivity index (χ3n) is 5.79. The van der Waals surface area contributed by atoms with Crippen molar-refractivity contribution >= 4 is 28.9 Å². The fourth-order valence-corrected chi connectivity index (χ4v) is 4.42. The Kier molecular flexibility index (Phi) is 6.35. The lowest BCUT2D eigenvalue weighted by Gasteiger charge is -2.27. The molecule has 2 aromatic carbocycles. The molecule has 0 aromatic heterocycles. The van der Waals surface area contributed by atoms with Crippen molar-refractivity contribution in [1.29, 1.82) is 0 Å². The van der Waals surface area contributed by atoms with E-state index < -0.39 is 0 Å². The molecule has 1 amide bonds. The van der Waals surface area contributed by atoms with Crippen molar-refractivity contribution in [3.8, 4) is 0 Å². The summed E-state index contributed by atoms with van der Waals surface area (Å²) in [5, 5.41) is 9.04. The zero-order chi connectivity index (χ0) is 21.1. The number of rotatable bonds is 4. The summed E-state index contributed by atoms with van der Waals surface area (Å²) in [5.74, 6) is -0.682. The molecule has 0 radical (unpaired) electrons. The summed E-state index contributed by atoms with van der Waals surface area (Å²) in [6.07, 6.45) is 4.53. The second kappa shape index (κ2) is 9.14. The molecule has 1 N–H and O–H groups in total. The van der Waals surface area contributed by atoms with Crippen LogP contribution in [0.15, 0.2) is 53.6 Å². The Labute approximate surface area is 181 Å².